The average molecular weight is 731 g/mol. The van der Waals surface area contributed by atoms with E-state index in [1.807, 2.05) is 65.8 Å². The molecule has 0 spiro atoms. The molecule has 16 heteroatoms. The first-order valence-corrected chi connectivity index (χ1v) is 16.5. The number of methoxy groups -OCH3 is 2. The fourth-order valence-electron chi connectivity index (χ4n) is 4.33. The highest BCUT2D eigenvalue weighted by Crippen LogP contribution is 2.36. The summed E-state index contributed by atoms with van der Waals surface area (Å²) in [6.07, 6.45) is 0. The zero-order chi connectivity index (χ0) is 36.5. The minimum absolute atomic E-state index is 0.163. The number of esters is 2. The number of thiophene rings is 2. The van der Waals surface area contributed by atoms with Crippen molar-refractivity contribution in [1.29, 1.82) is 5.26 Å². The van der Waals surface area contributed by atoms with Crippen LogP contribution in [0.2, 0.25) is 5.15 Å². The number of nitrogens with two attached hydrogens (primary N) is 2. The van der Waals surface area contributed by atoms with Gasteiger partial charge in [0.2, 0.25) is 0 Å². The zero-order valence-corrected chi connectivity index (χ0v) is 30.8. The van der Waals surface area contributed by atoms with Gasteiger partial charge in [0.1, 0.15) is 30.6 Å². The van der Waals surface area contributed by atoms with Crippen molar-refractivity contribution in [3.05, 3.63) is 72.4 Å². The highest BCUT2D eigenvalue weighted by Gasteiger charge is 2.19. The van der Waals surface area contributed by atoms with Gasteiger partial charge >= 0.3 is 17.9 Å². The molecule has 48 heavy (non-hydrogen) atoms. The molecule has 0 aliphatic heterocycles. The Bertz CT molecular complexity index is 2010. The Morgan fingerprint density at radius 2 is 1.27 bits per heavy atom. The second-order valence-corrected chi connectivity index (χ2v) is 12.8. The van der Waals surface area contributed by atoms with Crippen molar-refractivity contribution in [2.45, 2.75) is 41.5 Å². The predicted octanol–water partition coefficient (Wildman–Crippen LogP) is 6.79. The number of rotatable bonds is 3. The number of aryl methyl sites for hydroxylation is 6. The molecule has 0 aromatic carbocycles. The maximum Gasteiger partial charge on any atom is 0.350 e. The van der Waals surface area contributed by atoms with Gasteiger partial charge in [-0.25, -0.2) is 24.5 Å². The third kappa shape index (κ3) is 9.77. The summed E-state index contributed by atoms with van der Waals surface area (Å²) in [5.74, 6) is -1.53. The number of carboxylic acids is 1. The number of thiol groups is 1. The molecule has 0 aliphatic rings. The molecule has 0 bridgehead atoms. The number of aromatic carboxylic acids is 1. The first-order valence-electron chi connectivity index (χ1n) is 13.9. The van der Waals surface area contributed by atoms with E-state index in [0.717, 1.165) is 60.7 Å². The molecular formula is C32H35ClN6O6S3. The fourth-order valence-corrected chi connectivity index (χ4v) is 6.98. The SMILES string of the molecule is COC(=O)CS.COC(=O)c1sc2nc(C)cc(C)c2c1N.Cc1cc(C)c(C#N)c(Cl)n1.Cc1cc(C)c2c(N)c(C(=O)O)sc2n1. The summed E-state index contributed by atoms with van der Waals surface area (Å²) in [7, 11) is 2.68. The topological polar surface area (TPSA) is 204 Å². The molecule has 0 amide bonds. The van der Waals surface area contributed by atoms with Gasteiger partial charge in [-0.1, -0.05) is 11.6 Å². The number of nitriles is 1. The van der Waals surface area contributed by atoms with Gasteiger partial charge in [-0.3, -0.25) is 4.79 Å². The Morgan fingerprint density at radius 1 is 0.833 bits per heavy atom. The van der Waals surface area contributed by atoms with E-state index in [4.69, 9.17) is 33.4 Å². The van der Waals surface area contributed by atoms with Crippen LogP contribution in [-0.4, -0.2) is 57.9 Å². The molecule has 5 heterocycles. The summed E-state index contributed by atoms with van der Waals surface area (Å²) in [6.45, 7) is 11.4. The first kappa shape index (κ1) is 39.7. The van der Waals surface area contributed by atoms with E-state index in [1.54, 1.807) is 0 Å². The molecule has 0 fully saturated rings. The molecule has 0 saturated heterocycles. The number of hydrogen-bond acceptors (Lipinski definition) is 14. The van der Waals surface area contributed by atoms with Crippen LogP contribution in [0.25, 0.3) is 20.4 Å². The van der Waals surface area contributed by atoms with Crippen molar-refractivity contribution in [2.24, 2.45) is 0 Å². The smallest absolute Gasteiger partial charge is 0.350 e. The van der Waals surface area contributed by atoms with E-state index in [-0.39, 0.29) is 16.6 Å². The highest BCUT2D eigenvalue weighted by molar-refractivity contribution is 7.81. The number of carboxylic acid groups (broad SMARTS) is 1. The van der Waals surface area contributed by atoms with Crippen molar-refractivity contribution < 1.29 is 29.0 Å². The predicted molar refractivity (Wildman–Crippen MR) is 195 cm³/mol. The van der Waals surface area contributed by atoms with Gasteiger partial charge < -0.3 is 26.0 Å². The van der Waals surface area contributed by atoms with E-state index in [0.29, 0.717) is 31.8 Å². The van der Waals surface area contributed by atoms with Crippen molar-refractivity contribution in [1.82, 2.24) is 15.0 Å². The van der Waals surface area contributed by atoms with Crippen LogP contribution < -0.4 is 11.5 Å². The molecule has 0 radical (unpaired) electrons. The van der Waals surface area contributed by atoms with Gasteiger partial charge in [0, 0.05) is 27.9 Å². The third-order valence-corrected chi connectivity index (χ3v) is 9.08. The zero-order valence-electron chi connectivity index (χ0n) is 27.5. The number of nitrogen functional groups attached to an aromatic ring is 2. The summed E-state index contributed by atoms with van der Waals surface area (Å²) in [4.78, 5) is 46.9. The van der Waals surface area contributed by atoms with E-state index >= 15 is 0 Å². The van der Waals surface area contributed by atoms with E-state index in [2.05, 4.69) is 37.1 Å². The molecule has 0 unspecified atom stereocenters. The van der Waals surface area contributed by atoms with Crippen LogP contribution in [0.4, 0.5) is 11.4 Å². The average Bonchev–Trinajstić information content (AvgIpc) is 3.53. The van der Waals surface area contributed by atoms with Gasteiger partial charge in [0.15, 0.2) is 0 Å². The number of aromatic nitrogens is 3. The van der Waals surface area contributed by atoms with Gasteiger partial charge in [-0.15, -0.1) is 22.7 Å². The standard InChI is InChI=1S/C11H12N2O2S.C10H10N2O2S.C8H7ClN2.C3H6O2S/c1-5-4-6(2)13-10-7(5)8(12)9(16-10)11(14)15-3;1-4-3-5(2)12-9-6(4)7(11)8(15-9)10(13)14;1-5-3-6(2)11-8(9)7(5)4-10;1-5-3(4)2-6/h4H,12H2,1-3H3;3H,11H2,1-2H3,(H,13,14);3H,1-2H3;6H,2H2,1H3. The van der Waals surface area contributed by atoms with Crippen LogP contribution in [-0.2, 0) is 14.3 Å². The summed E-state index contributed by atoms with van der Waals surface area (Å²) in [6, 6.07) is 7.68. The molecule has 5 aromatic rings. The molecule has 5 rings (SSSR count). The van der Waals surface area contributed by atoms with Crippen LogP contribution in [0.1, 0.15) is 58.7 Å². The Hall–Kier alpha value is -4.49. The lowest BCUT2D eigenvalue weighted by atomic mass is 10.1. The monoisotopic (exact) mass is 730 g/mol. The lowest BCUT2D eigenvalue weighted by Gasteiger charge is -1.99. The Labute approximate surface area is 296 Å². The lowest BCUT2D eigenvalue weighted by molar-refractivity contribution is -0.137. The minimum Gasteiger partial charge on any atom is -0.477 e. The maximum atomic E-state index is 11.5. The maximum absolute atomic E-state index is 11.5. The van der Waals surface area contributed by atoms with Gasteiger partial charge in [0.05, 0.1) is 36.9 Å². The molecule has 254 valence electrons. The number of carbonyl (C=O) groups excluding carboxylic acids is 2. The quantitative estimate of drug-likeness (QED) is 0.0861. The van der Waals surface area contributed by atoms with E-state index < -0.39 is 11.9 Å². The van der Waals surface area contributed by atoms with Gasteiger partial charge in [0.25, 0.3) is 0 Å². The van der Waals surface area contributed by atoms with Crippen molar-refractivity contribution >= 4 is 96.6 Å². The van der Waals surface area contributed by atoms with Crippen molar-refractivity contribution in [3.8, 4) is 6.07 Å². The number of hydrogen-bond donors (Lipinski definition) is 4. The summed E-state index contributed by atoms with van der Waals surface area (Å²) >= 11 is 11.7. The molecule has 12 nitrogen and oxygen atoms in total. The molecule has 0 saturated carbocycles. The Kier molecular flexibility index (Phi) is 14.6. The number of pyridine rings is 3. The number of carbonyl (C=O) groups is 3. The molecule has 0 aliphatic carbocycles. The van der Waals surface area contributed by atoms with Gasteiger partial charge in [-0.2, -0.15) is 17.9 Å². The Morgan fingerprint density at radius 3 is 1.65 bits per heavy atom. The summed E-state index contributed by atoms with van der Waals surface area (Å²) < 4.78 is 8.86. The van der Waals surface area contributed by atoms with Gasteiger partial charge in [-0.05, 0) is 76.4 Å². The fraction of sp³-hybridized carbons (Fsp3) is 0.281. The number of halogens is 1. The van der Waals surface area contributed by atoms with Crippen LogP contribution in [0.5, 0.6) is 0 Å². The van der Waals surface area contributed by atoms with E-state index in [1.165, 1.54) is 25.6 Å². The van der Waals surface area contributed by atoms with E-state index in [9.17, 15) is 14.4 Å². The third-order valence-electron chi connectivity index (χ3n) is 6.38. The largest absolute Gasteiger partial charge is 0.477 e. The summed E-state index contributed by atoms with van der Waals surface area (Å²) in [5.41, 5.74) is 18.5. The number of ether oxygens (including phenoxy) is 2. The highest BCUT2D eigenvalue weighted by atomic mass is 35.5. The number of anilines is 2. The minimum atomic E-state index is -0.993. The Balaban J connectivity index is 0.000000234. The first-order chi connectivity index (χ1) is 22.5. The van der Waals surface area contributed by atoms with Crippen LogP contribution >= 0.6 is 46.9 Å². The number of fused-ring (bicyclic) bond motifs is 2. The van der Waals surface area contributed by atoms with Crippen molar-refractivity contribution in [3.63, 3.8) is 0 Å². The second-order valence-electron chi connectivity index (χ2n) is 10.1. The van der Waals surface area contributed by atoms with Crippen LogP contribution in [0.3, 0.4) is 0 Å². The van der Waals surface area contributed by atoms with Crippen LogP contribution in [0, 0.1) is 52.9 Å². The summed E-state index contributed by atoms with van der Waals surface area (Å²) in [5, 5.41) is 19.5. The van der Waals surface area contributed by atoms with Crippen LogP contribution in [0.15, 0.2) is 18.2 Å². The molecule has 5 aromatic heterocycles. The molecule has 5 N–H and O–H groups in total. The normalized spacial score (nSPS) is 10.0. The molecular weight excluding hydrogens is 696 g/mol. The second kappa shape index (κ2) is 17.6. The van der Waals surface area contributed by atoms with Crippen molar-refractivity contribution in [2.75, 3.05) is 31.4 Å². The number of nitrogens with zero attached hydrogens (tertiary/aromatic N) is 4. The lowest BCUT2D eigenvalue weighted by Crippen LogP contribution is -2.01. The molecule has 0 atom stereocenters.